The molecule has 5 atom stereocenters. The fourth-order valence-corrected chi connectivity index (χ4v) is 5.52. The Balaban J connectivity index is 2.00. The fourth-order valence-electron chi connectivity index (χ4n) is 5.05. The van der Waals surface area contributed by atoms with Crippen molar-refractivity contribution in [1.29, 1.82) is 0 Å². The fraction of sp³-hybridized carbons (Fsp3) is 0.769. The Morgan fingerprint density at radius 1 is 0.951 bits per heavy atom. The molecule has 0 aromatic carbocycles. The second-order valence-electron chi connectivity index (χ2n) is 10.8. The molecule has 14 nitrogen and oxygen atoms in total. The summed E-state index contributed by atoms with van der Waals surface area (Å²) in [5.74, 6) is -3.24. The molecule has 41 heavy (non-hydrogen) atoms. The van der Waals surface area contributed by atoms with Crippen LogP contribution in [0.2, 0.25) is 0 Å². The van der Waals surface area contributed by atoms with E-state index < -0.39 is 78.9 Å². The Bertz CT molecular complexity index is 966. The molecule has 0 unspecified atom stereocenters. The monoisotopic (exact) mass is 600 g/mol. The van der Waals surface area contributed by atoms with Gasteiger partial charge < -0.3 is 41.7 Å². The number of nitrogens with zero attached hydrogens (tertiary/aromatic N) is 2. The standard InChI is InChI=1S/C26H44N6O8S/c1-15(2)12-18(30-24(37)20-7-5-10-32(20)25(38)16(27)14-33)22(35)28-13-21(34)31-9-4-6-19(31)23(36)29-17(26(39)40)8-11-41-3/h15-20,33H,4-14,27H2,1-3H3,(H,28,35)(H,29,36)(H,30,37)(H,39,40)/t16-,17-,18-,19-,20-/m0/s1. The summed E-state index contributed by atoms with van der Waals surface area (Å²) in [7, 11) is 0. The van der Waals surface area contributed by atoms with Gasteiger partial charge in [-0.05, 0) is 56.5 Å². The molecule has 7 N–H and O–H groups in total. The lowest BCUT2D eigenvalue weighted by molar-refractivity contribution is -0.144. The lowest BCUT2D eigenvalue weighted by atomic mass is 10.0. The molecule has 2 heterocycles. The third kappa shape index (κ3) is 9.85. The molecule has 232 valence electrons. The van der Waals surface area contributed by atoms with Crippen LogP contribution in [-0.2, 0) is 28.8 Å². The Kier molecular flexibility index (Phi) is 13.8. The second-order valence-corrected chi connectivity index (χ2v) is 11.8. The van der Waals surface area contributed by atoms with Crippen molar-refractivity contribution in [1.82, 2.24) is 25.8 Å². The smallest absolute Gasteiger partial charge is 0.326 e. The highest BCUT2D eigenvalue weighted by molar-refractivity contribution is 7.98. The number of aliphatic hydroxyl groups is 1. The first kappa shape index (κ1) is 34.3. The molecule has 0 aromatic heterocycles. The Hall–Kier alpha value is -2.91. The lowest BCUT2D eigenvalue weighted by Gasteiger charge is -2.28. The number of carboxylic acid groups (broad SMARTS) is 1. The molecule has 15 heteroatoms. The number of amides is 5. The van der Waals surface area contributed by atoms with E-state index in [0.717, 1.165) is 0 Å². The summed E-state index contributed by atoms with van der Waals surface area (Å²) < 4.78 is 0. The summed E-state index contributed by atoms with van der Waals surface area (Å²) >= 11 is 1.46. The number of carbonyl (C=O) groups is 6. The number of aliphatic hydroxyl groups excluding tert-OH is 1. The normalized spacial score (nSPS) is 20.8. The molecule has 0 radical (unpaired) electrons. The molecular formula is C26H44N6O8S. The van der Waals surface area contributed by atoms with Gasteiger partial charge in [-0.1, -0.05) is 13.8 Å². The van der Waals surface area contributed by atoms with E-state index in [1.807, 2.05) is 20.1 Å². The minimum atomic E-state index is -1.14. The number of carbonyl (C=O) groups excluding carboxylic acids is 5. The van der Waals surface area contributed by atoms with Gasteiger partial charge in [0.25, 0.3) is 0 Å². The van der Waals surface area contributed by atoms with Crippen LogP contribution in [0.15, 0.2) is 0 Å². The van der Waals surface area contributed by atoms with E-state index in [1.54, 1.807) is 0 Å². The minimum absolute atomic E-state index is 0.0193. The summed E-state index contributed by atoms with van der Waals surface area (Å²) in [5, 5.41) is 26.4. The van der Waals surface area contributed by atoms with E-state index in [0.29, 0.717) is 44.5 Å². The number of hydrogen-bond donors (Lipinski definition) is 6. The average Bonchev–Trinajstić information content (AvgIpc) is 3.62. The summed E-state index contributed by atoms with van der Waals surface area (Å²) in [6.45, 7) is 3.41. The highest BCUT2D eigenvalue weighted by Gasteiger charge is 2.38. The number of carboxylic acids is 1. The van der Waals surface area contributed by atoms with Crippen LogP contribution < -0.4 is 21.7 Å². The third-order valence-electron chi connectivity index (χ3n) is 7.21. The van der Waals surface area contributed by atoms with E-state index in [1.165, 1.54) is 21.6 Å². The molecule has 2 fully saturated rings. The van der Waals surface area contributed by atoms with Gasteiger partial charge in [-0.25, -0.2) is 4.79 Å². The van der Waals surface area contributed by atoms with Crippen molar-refractivity contribution in [3.8, 4) is 0 Å². The molecule has 0 saturated carbocycles. The number of nitrogens with two attached hydrogens (primary N) is 1. The summed E-state index contributed by atoms with van der Waals surface area (Å²) in [6, 6.07) is -4.81. The van der Waals surface area contributed by atoms with Gasteiger partial charge in [0.1, 0.15) is 30.2 Å². The predicted octanol–water partition coefficient (Wildman–Crippen LogP) is -1.74. The first-order valence-corrected chi connectivity index (χ1v) is 15.4. The van der Waals surface area contributed by atoms with Crippen LogP contribution in [0.3, 0.4) is 0 Å². The van der Waals surface area contributed by atoms with E-state index >= 15 is 0 Å². The molecule has 5 amide bonds. The molecular weight excluding hydrogens is 556 g/mol. The largest absolute Gasteiger partial charge is 0.480 e. The van der Waals surface area contributed by atoms with E-state index in [2.05, 4.69) is 16.0 Å². The van der Waals surface area contributed by atoms with Crippen LogP contribution in [0.1, 0.15) is 52.4 Å². The van der Waals surface area contributed by atoms with Crippen molar-refractivity contribution in [3.05, 3.63) is 0 Å². The van der Waals surface area contributed by atoms with Crippen LogP contribution in [0, 0.1) is 5.92 Å². The summed E-state index contributed by atoms with van der Waals surface area (Å²) in [6.07, 6.45) is 4.28. The van der Waals surface area contributed by atoms with Crippen LogP contribution >= 0.6 is 11.8 Å². The number of thioether (sulfide) groups is 1. The molecule has 2 aliphatic rings. The number of nitrogens with one attached hydrogen (secondary N) is 3. The molecule has 2 saturated heterocycles. The van der Waals surface area contributed by atoms with Crippen molar-refractivity contribution >= 4 is 47.3 Å². The van der Waals surface area contributed by atoms with E-state index in [9.17, 15) is 39.0 Å². The predicted molar refractivity (Wildman–Crippen MR) is 151 cm³/mol. The molecule has 2 aliphatic heterocycles. The molecule has 0 spiro atoms. The highest BCUT2D eigenvalue weighted by atomic mass is 32.2. The summed E-state index contributed by atoms with van der Waals surface area (Å²) in [4.78, 5) is 78.7. The maximum Gasteiger partial charge on any atom is 0.326 e. The molecule has 0 aromatic rings. The number of aliphatic carboxylic acids is 1. The first-order chi connectivity index (χ1) is 19.4. The van der Waals surface area contributed by atoms with E-state index in [-0.39, 0.29) is 18.8 Å². The van der Waals surface area contributed by atoms with Crippen LogP contribution in [0.4, 0.5) is 0 Å². The van der Waals surface area contributed by atoms with Crippen molar-refractivity contribution in [2.45, 2.75) is 82.6 Å². The molecule has 2 rings (SSSR count). The van der Waals surface area contributed by atoms with Gasteiger partial charge in [0, 0.05) is 13.1 Å². The van der Waals surface area contributed by atoms with Gasteiger partial charge in [-0.3, -0.25) is 24.0 Å². The van der Waals surface area contributed by atoms with Gasteiger partial charge >= 0.3 is 5.97 Å². The second kappa shape index (κ2) is 16.5. The van der Waals surface area contributed by atoms with Crippen LogP contribution in [-0.4, -0.2) is 124 Å². The SMILES string of the molecule is CSCC[C@H](NC(=O)[C@@H]1CCCN1C(=O)CNC(=O)[C@H](CC(C)C)NC(=O)[C@@H]1CCCN1C(=O)[C@@H](N)CO)C(=O)O. The maximum atomic E-state index is 13.1. The minimum Gasteiger partial charge on any atom is -0.480 e. The van der Waals surface area contributed by atoms with Gasteiger partial charge in [0.2, 0.25) is 29.5 Å². The zero-order chi connectivity index (χ0) is 30.7. The van der Waals surface area contributed by atoms with Crippen LogP contribution in [0.25, 0.3) is 0 Å². The zero-order valence-corrected chi connectivity index (χ0v) is 24.8. The third-order valence-corrected chi connectivity index (χ3v) is 7.85. The van der Waals surface area contributed by atoms with Crippen LogP contribution in [0.5, 0.6) is 0 Å². The van der Waals surface area contributed by atoms with Crippen molar-refractivity contribution < 1.29 is 39.0 Å². The van der Waals surface area contributed by atoms with E-state index in [4.69, 9.17) is 5.73 Å². The quantitative estimate of drug-likeness (QED) is 0.125. The van der Waals surface area contributed by atoms with Gasteiger partial charge in [0.05, 0.1) is 13.2 Å². The maximum absolute atomic E-state index is 13.1. The Morgan fingerprint density at radius 3 is 2.05 bits per heavy atom. The topological polar surface area (TPSA) is 211 Å². The average molecular weight is 601 g/mol. The Labute approximate surface area is 244 Å². The number of likely N-dealkylation sites (tertiary alicyclic amines) is 2. The van der Waals surface area contributed by atoms with Gasteiger partial charge in [0.15, 0.2) is 0 Å². The number of hydrogen-bond acceptors (Lipinski definition) is 9. The summed E-state index contributed by atoms with van der Waals surface area (Å²) in [5.41, 5.74) is 5.65. The highest BCUT2D eigenvalue weighted by Crippen LogP contribution is 2.20. The van der Waals surface area contributed by atoms with Gasteiger partial charge in [-0.2, -0.15) is 11.8 Å². The van der Waals surface area contributed by atoms with Crippen molar-refractivity contribution in [2.24, 2.45) is 11.7 Å². The van der Waals surface area contributed by atoms with Crippen molar-refractivity contribution in [2.75, 3.05) is 38.2 Å². The Morgan fingerprint density at radius 2 is 1.51 bits per heavy atom. The zero-order valence-electron chi connectivity index (χ0n) is 24.0. The van der Waals surface area contributed by atoms with Crippen molar-refractivity contribution in [3.63, 3.8) is 0 Å². The molecule has 0 aliphatic carbocycles. The molecule has 0 bridgehead atoms. The number of rotatable bonds is 15. The first-order valence-electron chi connectivity index (χ1n) is 14.0. The van der Waals surface area contributed by atoms with Gasteiger partial charge in [-0.15, -0.1) is 0 Å². The lowest BCUT2D eigenvalue weighted by Crippen LogP contribution is -2.57.